The number of nitrogens with zero attached hydrogens (tertiary/aromatic N) is 1. The highest BCUT2D eigenvalue weighted by Gasteiger charge is 2.21. The summed E-state index contributed by atoms with van der Waals surface area (Å²) in [6, 6.07) is 0. The van der Waals surface area contributed by atoms with Gasteiger partial charge in [-0.3, -0.25) is 0 Å². The first-order valence-electron chi connectivity index (χ1n) is 4.27. The van der Waals surface area contributed by atoms with Gasteiger partial charge in [0.2, 0.25) is 0 Å². The van der Waals surface area contributed by atoms with E-state index in [2.05, 4.69) is 24.5 Å². The normalized spacial score (nSPS) is 22.4. The van der Waals surface area contributed by atoms with E-state index in [0.717, 1.165) is 31.2 Å². The summed E-state index contributed by atoms with van der Waals surface area (Å²) in [7, 11) is 0. The molecule has 0 amide bonds. The number of ether oxygens (including phenoxy) is 1. The molecule has 1 fully saturated rings. The van der Waals surface area contributed by atoms with Crippen LogP contribution >= 0.6 is 0 Å². The minimum atomic E-state index is 0.836. The zero-order valence-electron chi connectivity index (χ0n) is 7.34. The Kier molecular flexibility index (Phi) is 1.68. The molecule has 0 aromatic heterocycles. The van der Waals surface area contributed by atoms with Gasteiger partial charge < -0.3 is 9.64 Å². The minimum Gasteiger partial charge on any atom is -0.479 e. The average Bonchev–Trinajstić information content (AvgIpc) is 2.12. The summed E-state index contributed by atoms with van der Waals surface area (Å²) in [5.41, 5.74) is 2.30. The average molecular weight is 163 g/mol. The third-order valence-electron chi connectivity index (χ3n) is 2.30. The Balaban J connectivity index is 2.30. The lowest BCUT2D eigenvalue weighted by Crippen LogP contribution is -2.32. The molecule has 0 aromatic carbocycles. The number of hydrogen-bond donors (Lipinski definition) is 0. The standard InChI is InChI=1S/C10H13NO/c1-8-4-5-10-11(9(8)2)6-3-7-12-10/h4-5H,2-3,6-7H2,1H3. The van der Waals surface area contributed by atoms with Gasteiger partial charge in [0.05, 0.1) is 6.61 Å². The lowest BCUT2D eigenvalue weighted by atomic mass is 10.1. The van der Waals surface area contributed by atoms with Crippen LogP contribution in [-0.4, -0.2) is 18.1 Å². The van der Waals surface area contributed by atoms with Crippen LogP contribution < -0.4 is 0 Å². The number of hydrogen-bond acceptors (Lipinski definition) is 2. The maximum Gasteiger partial charge on any atom is 0.193 e. The van der Waals surface area contributed by atoms with Crippen LogP contribution in [-0.2, 0) is 4.74 Å². The summed E-state index contributed by atoms with van der Waals surface area (Å²) in [5.74, 6) is 0.955. The molecular weight excluding hydrogens is 150 g/mol. The quantitative estimate of drug-likeness (QED) is 0.541. The van der Waals surface area contributed by atoms with Gasteiger partial charge in [-0.05, 0) is 25.0 Å². The Hall–Kier alpha value is -1.18. The molecule has 0 saturated carbocycles. The molecule has 0 bridgehead atoms. The van der Waals surface area contributed by atoms with E-state index >= 15 is 0 Å². The van der Waals surface area contributed by atoms with Gasteiger partial charge in [-0.15, -0.1) is 0 Å². The zero-order valence-corrected chi connectivity index (χ0v) is 7.34. The van der Waals surface area contributed by atoms with Gasteiger partial charge in [0.15, 0.2) is 5.88 Å². The molecule has 0 radical (unpaired) electrons. The molecule has 2 heteroatoms. The topological polar surface area (TPSA) is 12.5 Å². The first-order valence-corrected chi connectivity index (χ1v) is 4.27. The molecule has 2 aliphatic rings. The summed E-state index contributed by atoms with van der Waals surface area (Å²) < 4.78 is 5.48. The van der Waals surface area contributed by atoms with Crippen molar-refractivity contribution in [3.05, 3.63) is 35.9 Å². The Bertz CT molecular complexity index is 276. The smallest absolute Gasteiger partial charge is 0.193 e. The molecule has 0 aromatic rings. The molecule has 0 atom stereocenters. The molecule has 0 unspecified atom stereocenters. The van der Waals surface area contributed by atoms with Crippen LogP contribution in [0.2, 0.25) is 0 Å². The van der Waals surface area contributed by atoms with Crippen LogP contribution in [0.15, 0.2) is 35.9 Å². The van der Waals surface area contributed by atoms with Crippen molar-refractivity contribution in [2.24, 2.45) is 0 Å². The third kappa shape index (κ3) is 1.04. The van der Waals surface area contributed by atoms with Crippen molar-refractivity contribution >= 4 is 0 Å². The lowest BCUT2D eigenvalue weighted by molar-refractivity contribution is 0.0845. The highest BCUT2D eigenvalue weighted by atomic mass is 16.5. The maximum atomic E-state index is 5.48. The SMILES string of the molecule is C=C1C(C)=CC=C2OCCCN12. The Morgan fingerprint density at radius 3 is 3.17 bits per heavy atom. The van der Waals surface area contributed by atoms with Crippen molar-refractivity contribution in [2.75, 3.05) is 13.2 Å². The fraction of sp³-hybridized carbons (Fsp3) is 0.400. The molecule has 2 heterocycles. The van der Waals surface area contributed by atoms with Crippen molar-refractivity contribution in [3.63, 3.8) is 0 Å². The largest absolute Gasteiger partial charge is 0.479 e. The van der Waals surface area contributed by atoms with Crippen molar-refractivity contribution in [3.8, 4) is 0 Å². The van der Waals surface area contributed by atoms with Crippen LogP contribution in [0.4, 0.5) is 0 Å². The van der Waals surface area contributed by atoms with Crippen LogP contribution in [0.1, 0.15) is 13.3 Å². The van der Waals surface area contributed by atoms with Gasteiger partial charge in [0, 0.05) is 12.2 Å². The van der Waals surface area contributed by atoms with E-state index in [1.165, 1.54) is 5.57 Å². The minimum absolute atomic E-state index is 0.836. The van der Waals surface area contributed by atoms with E-state index in [1.54, 1.807) is 0 Å². The second kappa shape index (κ2) is 2.70. The predicted molar refractivity (Wildman–Crippen MR) is 48.3 cm³/mol. The highest BCUT2D eigenvalue weighted by molar-refractivity contribution is 5.36. The summed E-state index contributed by atoms with van der Waals surface area (Å²) in [5, 5.41) is 0. The lowest BCUT2D eigenvalue weighted by Gasteiger charge is -2.34. The van der Waals surface area contributed by atoms with E-state index < -0.39 is 0 Å². The highest BCUT2D eigenvalue weighted by Crippen LogP contribution is 2.27. The fourth-order valence-corrected chi connectivity index (χ4v) is 1.50. The Morgan fingerprint density at radius 2 is 2.33 bits per heavy atom. The van der Waals surface area contributed by atoms with E-state index in [4.69, 9.17) is 4.74 Å². The van der Waals surface area contributed by atoms with Gasteiger partial charge in [0.1, 0.15) is 0 Å². The van der Waals surface area contributed by atoms with Crippen LogP contribution in [0.5, 0.6) is 0 Å². The second-order valence-corrected chi connectivity index (χ2v) is 3.15. The van der Waals surface area contributed by atoms with Crippen molar-refractivity contribution in [1.29, 1.82) is 0 Å². The van der Waals surface area contributed by atoms with E-state index in [0.29, 0.717) is 0 Å². The van der Waals surface area contributed by atoms with E-state index in [1.807, 2.05) is 6.08 Å². The maximum absolute atomic E-state index is 5.48. The predicted octanol–water partition coefficient (Wildman–Crippen LogP) is 2.02. The third-order valence-corrected chi connectivity index (χ3v) is 2.30. The molecule has 2 nitrogen and oxygen atoms in total. The number of allylic oxidation sites excluding steroid dienone is 3. The first-order chi connectivity index (χ1) is 5.79. The molecule has 2 aliphatic heterocycles. The van der Waals surface area contributed by atoms with Crippen molar-refractivity contribution in [2.45, 2.75) is 13.3 Å². The summed E-state index contributed by atoms with van der Waals surface area (Å²) in [4.78, 5) is 2.14. The molecule has 0 spiro atoms. The van der Waals surface area contributed by atoms with Gasteiger partial charge in [0.25, 0.3) is 0 Å². The van der Waals surface area contributed by atoms with Crippen molar-refractivity contribution in [1.82, 2.24) is 4.90 Å². The van der Waals surface area contributed by atoms with E-state index in [9.17, 15) is 0 Å². The summed E-state index contributed by atoms with van der Waals surface area (Å²) >= 11 is 0. The molecule has 1 saturated heterocycles. The first kappa shape index (κ1) is 7.47. The fourth-order valence-electron chi connectivity index (χ4n) is 1.50. The molecule has 0 aliphatic carbocycles. The zero-order chi connectivity index (χ0) is 8.55. The van der Waals surface area contributed by atoms with Crippen LogP contribution in [0.25, 0.3) is 0 Å². The van der Waals surface area contributed by atoms with Crippen LogP contribution in [0, 0.1) is 0 Å². The monoisotopic (exact) mass is 163 g/mol. The summed E-state index contributed by atoms with van der Waals surface area (Å²) in [6.07, 6.45) is 5.16. The molecular formula is C10H13NO. The Morgan fingerprint density at radius 1 is 1.50 bits per heavy atom. The van der Waals surface area contributed by atoms with Gasteiger partial charge in [-0.1, -0.05) is 12.7 Å². The molecule has 0 N–H and O–H groups in total. The van der Waals surface area contributed by atoms with Gasteiger partial charge in [-0.25, -0.2) is 0 Å². The van der Waals surface area contributed by atoms with Crippen molar-refractivity contribution < 1.29 is 4.74 Å². The second-order valence-electron chi connectivity index (χ2n) is 3.15. The number of fused-ring (bicyclic) bond motifs is 1. The summed E-state index contributed by atoms with van der Waals surface area (Å²) in [6.45, 7) is 7.96. The molecule has 64 valence electrons. The molecule has 12 heavy (non-hydrogen) atoms. The van der Waals surface area contributed by atoms with Crippen LogP contribution in [0.3, 0.4) is 0 Å². The van der Waals surface area contributed by atoms with E-state index in [-0.39, 0.29) is 0 Å². The Labute approximate surface area is 72.8 Å². The van der Waals surface area contributed by atoms with Gasteiger partial charge >= 0.3 is 0 Å². The molecule has 2 rings (SSSR count). The van der Waals surface area contributed by atoms with Gasteiger partial charge in [-0.2, -0.15) is 0 Å². The number of rotatable bonds is 0.